The van der Waals surface area contributed by atoms with Gasteiger partial charge in [0.2, 0.25) is 10.9 Å². The number of carbonyl (C=O) groups is 1. The SMILES string of the molecule is O=C(CSc1nnc2sc3ccccc3n12)Nc1c(Cl)c(Cl)cc(Cl)c1Cl. The zero-order chi connectivity index (χ0) is 19.1. The molecule has 0 spiro atoms. The highest BCUT2D eigenvalue weighted by Crippen LogP contribution is 2.41. The minimum Gasteiger partial charge on any atom is -0.323 e. The number of carbonyl (C=O) groups excluding carboxylic acids is 1. The van der Waals surface area contributed by atoms with Crippen molar-refractivity contribution in [2.45, 2.75) is 5.16 Å². The topological polar surface area (TPSA) is 59.3 Å². The Morgan fingerprint density at radius 3 is 2.56 bits per heavy atom. The number of hydrogen-bond donors (Lipinski definition) is 1. The molecule has 0 saturated heterocycles. The standard InChI is InChI=1S/C16H8Cl4N4OS2/c17-7-5-8(18)13(20)14(12(7)19)21-11(25)6-26-15-22-23-16-24(15)9-3-1-2-4-10(9)27-16/h1-5H,6H2,(H,21,25). The van der Waals surface area contributed by atoms with E-state index in [2.05, 4.69) is 15.5 Å². The highest BCUT2D eigenvalue weighted by molar-refractivity contribution is 7.99. The molecule has 0 fully saturated rings. The second-order valence-corrected chi connectivity index (χ2v) is 8.87. The maximum absolute atomic E-state index is 12.4. The molecule has 0 radical (unpaired) electrons. The van der Waals surface area contributed by atoms with Gasteiger partial charge in [0.1, 0.15) is 0 Å². The Balaban J connectivity index is 1.55. The number of rotatable bonds is 4. The van der Waals surface area contributed by atoms with E-state index >= 15 is 0 Å². The fourth-order valence-electron chi connectivity index (χ4n) is 2.44. The molecular weight excluding hydrogens is 470 g/mol. The average molecular weight is 478 g/mol. The van der Waals surface area contributed by atoms with Crippen molar-refractivity contribution in [1.29, 1.82) is 0 Å². The number of anilines is 1. The third kappa shape index (κ3) is 3.60. The Morgan fingerprint density at radius 1 is 1.11 bits per heavy atom. The minimum atomic E-state index is -0.321. The molecule has 5 nitrogen and oxygen atoms in total. The summed E-state index contributed by atoms with van der Waals surface area (Å²) in [5.41, 5.74) is 1.19. The lowest BCUT2D eigenvalue weighted by Gasteiger charge is -2.11. The van der Waals surface area contributed by atoms with Crippen LogP contribution in [0.2, 0.25) is 20.1 Å². The van der Waals surface area contributed by atoms with Gasteiger partial charge >= 0.3 is 0 Å². The molecule has 27 heavy (non-hydrogen) atoms. The van der Waals surface area contributed by atoms with Crippen molar-refractivity contribution in [1.82, 2.24) is 14.6 Å². The van der Waals surface area contributed by atoms with Crippen LogP contribution in [-0.4, -0.2) is 26.3 Å². The van der Waals surface area contributed by atoms with Gasteiger partial charge in [-0.1, -0.05) is 81.6 Å². The average Bonchev–Trinajstić information content (AvgIpc) is 3.21. The summed E-state index contributed by atoms with van der Waals surface area (Å²) in [5.74, 6) is -0.236. The first kappa shape index (κ1) is 19.1. The van der Waals surface area contributed by atoms with Crippen molar-refractivity contribution < 1.29 is 4.79 Å². The summed E-state index contributed by atoms with van der Waals surface area (Å²) in [6.07, 6.45) is 0. The van der Waals surface area contributed by atoms with E-state index in [0.717, 1.165) is 15.2 Å². The predicted molar refractivity (Wildman–Crippen MR) is 114 cm³/mol. The van der Waals surface area contributed by atoms with Crippen molar-refractivity contribution in [2.75, 3.05) is 11.1 Å². The molecule has 1 N–H and O–H groups in total. The van der Waals surface area contributed by atoms with Gasteiger partial charge in [0, 0.05) is 0 Å². The molecule has 11 heteroatoms. The largest absolute Gasteiger partial charge is 0.323 e. The molecule has 0 saturated carbocycles. The molecule has 0 aliphatic heterocycles. The smallest absolute Gasteiger partial charge is 0.234 e. The quantitative estimate of drug-likeness (QED) is 0.277. The third-order valence-corrected chi connectivity index (χ3v) is 7.14. The highest BCUT2D eigenvalue weighted by Gasteiger charge is 2.18. The van der Waals surface area contributed by atoms with Gasteiger partial charge in [-0.3, -0.25) is 9.20 Å². The molecule has 138 valence electrons. The molecule has 4 rings (SSSR count). The minimum absolute atomic E-state index is 0.0851. The lowest BCUT2D eigenvalue weighted by atomic mass is 10.3. The van der Waals surface area contributed by atoms with Crippen LogP contribution in [0.4, 0.5) is 5.69 Å². The van der Waals surface area contributed by atoms with E-state index in [1.165, 1.54) is 29.2 Å². The normalized spacial score (nSPS) is 11.4. The summed E-state index contributed by atoms with van der Waals surface area (Å²) in [4.78, 5) is 13.2. The van der Waals surface area contributed by atoms with Crippen LogP contribution in [0.3, 0.4) is 0 Å². The van der Waals surface area contributed by atoms with E-state index in [0.29, 0.717) is 5.16 Å². The molecule has 0 unspecified atom stereocenters. The van der Waals surface area contributed by atoms with Crippen LogP contribution in [0.25, 0.3) is 15.2 Å². The fraction of sp³-hybridized carbons (Fsp3) is 0.0625. The number of halogens is 4. The van der Waals surface area contributed by atoms with Gasteiger partial charge in [-0.05, 0) is 18.2 Å². The van der Waals surface area contributed by atoms with E-state index < -0.39 is 0 Å². The van der Waals surface area contributed by atoms with Crippen LogP contribution >= 0.6 is 69.5 Å². The predicted octanol–water partition coefficient (Wildman–Crippen LogP) is 6.29. The molecule has 0 aliphatic carbocycles. The summed E-state index contributed by atoms with van der Waals surface area (Å²) >= 11 is 27.0. The fourth-order valence-corrected chi connectivity index (χ4v) is 5.11. The maximum Gasteiger partial charge on any atom is 0.234 e. The summed E-state index contributed by atoms with van der Waals surface area (Å²) < 4.78 is 3.02. The van der Waals surface area contributed by atoms with Crippen LogP contribution in [0.5, 0.6) is 0 Å². The zero-order valence-corrected chi connectivity index (χ0v) is 17.8. The van der Waals surface area contributed by atoms with Crippen LogP contribution < -0.4 is 5.32 Å². The van der Waals surface area contributed by atoms with Crippen LogP contribution in [0, 0.1) is 0 Å². The van der Waals surface area contributed by atoms with Crippen LogP contribution in [-0.2, 0) is 4.79 Å². The Hall–Kier alpha value is -1.22. The second kappa shape index (κ2) is 7.66. The van der Waals surface area contributed by atoms with Gasteiger partial charge in [-0.15, -0.1) is 10.2 Å². The molecule has 0 bridgehead atoms. The molecular formula is C16H8Cl4N4OS2. The first-order valence-electron chi connectivity index (χ1n) is 7.44. The second-order valence-electron chi connectivity index (χ2n) is 5.35. The van der Waals surface area contributed by atoms with E-state index in [1.54, 1.807) is 0 Å². The van der Waals surface area contributed by atoms with Crippen LogP contribution in [0.1, 0.15) is 0 Å². The number of nitrogens with one attached hydrogen (secondary N) is 1. The molecule has 0 atom stereocenters. The molecule has 0 aliphatic rings. The maximum atomic E-state index is 12.4. The first-order chi connectivity index (χ1) is 13.0. The Kier molecular flexibility index (Phi) is 5.42. The van der Waals surface area contributed by atoms with E-state index in [9.17, 15) is 4.79 Å². The third-order valence-electron chi connectivity index (χ3n) is 3.62. The van der Waals surface area contributed by atoms with Gasteiger partial charge < -0.3 is 5.32 Å². The van der Waals surface area contributed by atoms with E-state index in [-0.39, 0.29) is 37.4 Å². The lowest BCUT2D eigenvalue weighted by molar-refractivity contribution is -0.113. The monoisotopic (exact) mass is 476 g/mol. The number of fused-ring (bicyclic) bond motifs is 3. The van der Waals surface area contributed by atoms with Crippen molar-refractivity contribution in [3.63, 3.8) is 0 Å². The molecule has 2 aromatic heterocycles. The van der Waals surface area contributed by atoms with Crippen LogP contribution in [0.15, 0.2) is 35.5 Å². The number of thioether (sulfide) groups is 1. The number of thiazole rings is 1. The number of para-hydroxylation sites is 1. The van der Waals surface area contributed by atoms with Gasteiger partial charge in [-0.2, -0.15) is 0 Å². The van der Waals surface area contributed by atoms with E-state index in [1.807, 2.05) is 28.7 Å². The summed E-state index contributed by atoms with van der Waals surface area (Å²) in [6.45, 7) is 0. The molecule has 1 amide bonds. The van der Waals surface area contributed by atoms with Crippen molar-refractivity contribution in [2.24, 2.45) is 0 Å². The van der Waals surface area contributed by atoms with Gasteiger partial charge in [-0.25, -0.2) is 0 Å². The zero-order valence-electron chi connectivity index (χ0n) is 13.2. The Labute approximate surface area is 181 Å². The van der Waals surface area contributed by atoms with Gasteiger partial charge in [0.25, 0.3) is 0 Å². The first-order valence-corrected chi connectivity index (χ1v) is 10.8. The summed E-state index contributed by atoms with van der Waals surface area (Å²) in [5, 5.41) is 12.3. The highest BCUT2D eigenvalue weighted by atomic mass is 35.5. The van der Waals surface area contributed by atoms with E-state index in [4.69, 9.17) is 46.4 Å². The van der Waals surface area contributed by atoms with Crippen molar-refractivity contribution in [3.05, 3.63) is 50.4 Å². The molecule has 4 aromatic rings. The van der Waals surface area contributed by atoms with Gasteiger partial charge in [0.15, 0.2) is 5.16 Å². The van der Waals surface area contributed by atoms with Gasteiger partial charge in [0.05, 0.1) is 41.7 Å². The number of nitrogens with zero attached hydrogens (tertiary/aromatic N) is 3. The number of benzene rings is 2. The number of amides is 1. The van der Waals surface area contributed by atoms with Crippen molar-refractivity contribution in [3.8, 4) is 0 Å². The van der Waals surface area contributed by atoms with Crippen molar-refractivity contribution >= 4 is 96.3 Å². The number of aromatic nitrogens is 3. The Bertz CT molecular complexity index is 1160. The summed E-state index contributed by atoms with van der Waals surface area (Å²) in [6, 6.07) is 9.34. The number of hydrogen-bond acceptors (Lipinski definition) is 5. The summed E-state index contributed by atoms with van der Waals surface area (Å²) in [7, 11) is 0. The Morgan fingerprint density at radius 2 is 1.81 bits per heavy atom. The lowest BCUT2D eigenvalue weighted by Crippen LogP contribution is -2.15. The molecule has 2 aromatic carbocycles. The molecule has 2 heterocycles.